The molecule has 0 N–H and O–H groups in total. The number of rotatable bonds is 1. The van der Waals surface area contributed by atoms with Gasteiger partial charge in [0.1, 0.15) is 0 Å². The molecule has 0 saturated heterocycles. The Balaban J connectivity index is 0. The van der Waals surface area contributed by atoms with Crippen molar-refractivity contribution in [2.45, 2.75) is 79.6 Å². The molecule has 0 atom stereocenters. The van der Waals surface area contributed by atoms with Crippen LogP contribution in [0.4, 0.5) is 0 Å². The Labute approximate surface area is 98.2 Å². The van der Waals surface area contributed by atoms with Gasteiger partial charge in [-0.15, -0.1) is 6.58 Å². The average molecular weight is 212 g/mol. The third kappa shape index (κ3) is 16.4. The van der Waals surface area contributed by atoms with Gasteiger partial charge in [-0.3, -0.25) is 0 Å². The average Bonchev–Trinajstić information content (AvgIpc) is 2.47. The molecule has 0 radical (unpaired) electrons. The van der Waals surface area contributed by atoms with Gasteiger partial charge in [0.15, 0.2) is 0 Å². The Kier molecular flexibility index (Phi) is 15.7. The predicted octanol–water partition coefficient (Wildman–Crippen LogP) is 5.98. The van der Waals surface area contributed by atoms with Crippen LogP contribution in [0.15, 0.2) is 12.2 Å². The zero-order valence-corrected chi connectivity index (χ0v) is 11.7. The van der Waals surface area contributed by atoms with Crippen LogP contribution >= 0.6 is 0 Å². The van der Waals surface area contributed by atoms with Crippen molar-refractivity contribution < 1.29 is 0 Å². The fraction of sp³-hybridized carbons (Fsp3) is 0.867. The van der Waals surface area contributed by atoms with Gasteiger partial charge in [-0.25, -0.2) is 0 Å². The minimum atomic E-state index is 1.08. The molecule has 0 heterocycles. The van der Waals surface area contributed by atoms with Crippen LogP contribution < -0.4 is 0 Å². The maximum atomic E-state index is 3.56. The van der Waals surface area contributed by atoms with Crippen molar-refractivity contribution in [2.24, 2.45) is 5.92 Å². The standard InChI is InChI=1S/C9H18.C4H8.C2H6/c1-2-9-7-5-3-4-6-8-9;1-4(2)3;1-2/h9H,2-8H2,1H3;1H2,2-3H3;1-2H3. The summed E-state index contributed by atoms with van der Waals surface area (Å²) in [6.07, 6.45) is 10.4. The molecule has 0 heteroatoms. The third-order valence-electron chi connectivity index (χ3n) is 2.55. The summed E-state index contributed by atoms with van der Waals surface area (Å²) in [7, 11) is 0. The minimum Gasteiger partial charge on any atom is -0.100 e. The summed E-state index contributed by atoms with van der Waals surface area (Å²) in [6.45, 7) is 13.8. The van der Waals surface area contributed by atoms with E-state index in [1.807, 2.05) is 27.7 Å². The zero-order valence-electron chi connectivity index (χ0n) is 11.7. The number of hydrogen-bond acceptors (Lipinski definition) is 0. The molecule has 0 nitrogen and oxygen atoms in total. The van der Waals surface area contributed by atoms with Gasteiger partial charge in [-0.05, 0) is 19.8 Å². The molecular weight excluding hydrogens is 180 g/mol. The van der Waals surface area contributed by atoms with Gasteiger partial charge in [-0.2, -0.15) is 0 Å². The summed E-state index contributed by atoms with van der Waals surface area (Å²) in [5.74, 6) is 1.08. The molecular formula is C15H32. The Hall–Kier alpha value is -0.260. The number of allylic oxidation sites excluding steroid dienone is 1. The maximum absolute atomic E-state index is 3.56. The first kappa shape index (κ1) is 17.1. The Bertz CT molecular complexity index is 112. The molecule has 1 aliphatic carbocycles. The lowest BCUT2D eigenvalue weighted by molar-refractivity contribution is 0.446. The topological polar surface area (TPSA) is 0 Å². The van der Waals surface area contributed by atoms with Crippen LogP contribution in [0.5, 0.6) is 0 Å². The first-order valence-electron chi connectivity index (χ1n) is 6.79. The molecule has 0 spiro atoms. The van der Waals surface area contributed by atoms with Crippen LogP contribution in [0, 0.1) is 5.92 Å². The fourth-order valence-corrected chi connectivity index (χ4v) is 1.77. The molecule has 0 aromatic heterocycles. The van der Waals surface area contributed by atoms with Gasteiger partial charge in [0.25, 0.3) is 0 Å². The van der Waals surface area contributed by atoms with Crippen LogP contribution in [0.3, 0.4) is 0 Å². The molecule has 1 saturated carbocycles. The van der Waals surface area contributed by atoms with E-state index >= 15 is 0 Å². The lowest BCUT2D eigenvalue weighted by Gasteiger charge is -2.08. The molecule has 15 heavy (non-hydrogen) atoms. The van der Waals surface area contributed by atoms with Crippen molar-refractivity contribution in [2.75, 3.05) is 0 Å². The van der Waals surface area contributed by atoms with E-state index in [1.54, 1.807) is 0 Å². The van der Waals surface area contributed by atoms with E-state index in [0.29, 0.717) is 0 Å². The van der Waals surface area contributed by atoms with E-state index < -0.39 is 0 Å². The Morgan fingerprint density at radius 2 is 1.33 bits per heavy atom. The van der Waals surface area contributed by atoms with Crippen LogP contribution in [0.25, 0.3) is 0 Å². The summed E-state index contributed by atoms with van der Waals surface area (Å²) in [5.41, 5.74) is 1.17. The molecule has 0 aromatic carbocycles. The summed E-state index contributed by atoms with van der Waals surface area (Å²) in [4.78, 5) is 0. The highest BCUT2D eigenvalue weighted by Crippen LogP contribution is 2.24. The molecule has 0 bridgehead atoms. The van der Waals surface area contributed by atoms with Crippen LogP contribution in [0.2, 0.25) is 0 Å². The second-order valence-electron chi connectivity index (χ2n) is 4.47. The molecule has 0 aliphatic heterocycles. The largest absolute Gasteiger partial charge is 0.100 e. The van der Waals surface area contributed by atoms with Crippen molar-refractivity contribution >= 4 is 0 Å². The fourth-order valence-electron chi connectivity index (χ4n) is 1.77. The highest BCUT2D eigenvalue weighted by atomic mass is 14.1. The van der Waals surface area contributed by atoms with Crippen LogP contribution in [0.1, 0.15) is 79.6 Å². The zero-order chi connectivity index (χ0) is 12.1. The van der Waals surface area contributed by atoms with Crippen molar-refractivity contribution in [1.29, 1.82) is 0 Å². The third-order valence-corrected chi connectivity index (χ3v) is 2.55. The molecule has 0 unspecified atom stereocenters. The van der Waals surface area contributed by atoms with Gasteiger partial charge in [0.2, 0.25) is 0 Å². The smallest absolute Gasteiger partial charge is 0.0417 e. The van der Waals surface area contributed by atoms with E-state index in [9.17, 15) is 0 Å². The lowest BCUT2D eigenvalue weighted by Crippen LogP contribution is -1.94. The molecule has 92 valence electrons. The highest BCUT2D eigenvalue weighted by Gasteiger charge is 2.08. The van der Waals surface area contributed by atoms with Crippen molar-refractivity contribution in [3.8, 4) is 0 Å². The summed E-state index contributed by atoms with van der Waals surface area (Å²) in [5, 5.41) is 0. The molecule has 1 aliphatic rings. The quantitative estimate of drug-likeness (QED) is 0.371. The number of hydrogen-bond donors (Lipinski definition) is 0. The van der Waals surface area contributed by atoms with E-state index in [1.165, 1.54) is 50.5 Å². The lowest BCUT2D eigenvalue weighted by atomic mass is 9.98. The second kappa shape index (κ2) is 13.7. The molecule has 0 aromatic rings. The van der Waals surface area contributed by atoms with E-state index in [2.05, 4.69) is 13.5 Å². The SMILES string of the molecule is C=C(C)C.CC.CCC1CCCCCC1. The molecule has 1 rings (SSSR count). The predicted molar refractivity (Wildman–Crippen MR) is 73.3 cm³/mol. The first-order valence-corrected chi connectivity index (χ1v) is 6.79. The van der Waals surface area contributed by atoms with Crippen molar-refractivity contribution in [3.05, 3.63) is 12.2 Å². The summed E-state index contributed by atoms with van der Waals surface area (Å²) in [6, 6.07) is 0. The summed E-state index contributed by atoms with van der Waals surface area (Å²) < 4.78 is 0. The molecule has 1 fully saturated rings. The van der Waals surface area contributed by atoms with E-state index in [-0.39, 0.29) is 0 Å². The van der Waals surface area contributed by atoms with Crippen molar-refractivity contribution in [3.63, 3.8) is 0 Å². The minimum absolute atomic E-state index is 1.08. The van der Waals surface area contributed by atoms with Gasteiger partial charge >= 0.3 is 0 Å². The van der Waals surface area contributed by atoms with Crippen molar-refractivity contribution in [1.82, 2.24) is 0 Å². The molecule has 0 amide bonds. The normalized spacial score (nSPS) is 16.3. The van der Waals surface area contributed by atoms with Gasteiger partial charge in [-0.1, -0.05) is 71.3 Å². The van der Waals surface area contributed by atoms with E-state index in [0.717, 1.165) is 5.92 Å². The maximum Gasteiger partial charge on any atom is -0.0417 e. The second-order valence-corrected chi connectivity index (χ2v) is 4.47. The van der Waals surface area contributed by atoms with Crippen LogP contribution in [-0.2, 0) is 0 Å². The first-order chi connectivity index (χ1) is 7.16. The van der Waals surface area contributed by atoms with Gasteiger partial charge < -0.3 is 0 Å². The van der Waals surface area contributed by atoms with Gasteiger partial charge in [0, 0.05) is 0 Å². The highest BCUT2D eigenvalue weighted by molar-refractivity contribution is 4.78. The monoisotopic (exact) mass is 212 g/mol. The Morgan fingerprint density at radius 3 is 1.60 bits per heavy atom. The van der Waals surface area contributed by atoms with Gasteiger partial charge in [0.05, 0.1) is 0 Å². The summed E-state index contributed by atoms with van der Waals surface area (Å²) >= 11 is 0. The Morgan fingerprint density at radius 1 is 1.00 bits per heavy atom. The van der Waals surface area contributed by atoms with E-state index in [4.69, 9.17) is 0 Å². The van der Waals surface area contributed by atoms with Crippen LogP contribution in [-0.4, -0.2) is 0 Å².